The molecule has 0 atom stereocenters. The summed E-state index contributed by atoms with van der Waals surface area (Å²) in [4.78, 5) is 21.0. The number of carbonyl (C=O) groups is 2. The minimum atomic E-state index is -0.0730. The minimum Gasteiger partial charge on any atom is -0.465 e. The smallest absolute Gasteiger partial charge is 0.305 e. The molecule has 3 heteroatoms. The van der Waals surface area contributed by atoms with Gasteiger partial charge in [0.15, 0.2) is 0 Å². The average Bonchev–Trinajstić information content (AvgIpc) is 2.68. The first-order valence-corrected chi connectivity index (χ1v) is 6.23. The lowest BCUT2D eigenvalue weighted by molar-refractivity contribution is -0.144. The van der Waals surface area contributed by atoms with Gasteiger partial charge < -0.3 is 4.74 Å². The zero-order chi connectivity index (χ0) is 12.4. The van der Waals surface area contributed by atoms with Gasteiger partial charge in [0.2, 0.25) is 0 Å². The second-order valence-corrected chi connectivity index (χ2v) is 4.57. The second-order valence-electron chi connectivity index (χ2n) is 4.57. The lowest BCUT2D eigenvalue weighted by Crippen LogP contribution is -2.08. The first-order chi connectivity index (χ1) is 7.56. The molecule has 0 amide bonds. The number of carbonyl (C=O) groups excluding carboxylic acids is 2. The molecule has 0 heterocycles. The molecule has 0 aromatic heterocycles. The molecular formula is C13H24O3. The molecule has 0 bridgehead atoms. The van der Waals surface area contributed by atoms with Crippen LogP contribution in [0.2, 0.25) is 0 Å². The van der Waals surface area contributed by atoms with Crippen molar-refractivity contribution in [1.29, 1.82) is 0 Å². The van der Waals surface area contributed by atoms with E-state index in [1.165, 1.54) is 0 Å². The predicted molar refractivity (Wildman–Crippen MR) is 64.2 cm³/mol. The molecule has 1 aliphatic carbocycles. The number of rotatable bonds is 4. The highest BCUT2D eigenvalue weighted by Gasteiger charge is 2.07. The number of esters is 1. The standard InChI is InChI=1S/C8H16O2.C5H8O/c1-4-5-8(9)10-6-7(2)3;6-5-3-1-2-4-5/h7H,4-6H2,1-3H3;1-4H2. The van der Waals surface area contributed by atoms with E-state index in [1.807, 2.05) is 20.8 Å². The summed E-state index contributed by atoms with van der Waals surface area (Å²) in [5.74, 6) is 0.826. The van der Waals surface area contributed by atoms with Crippen LogP contribution >= 0.6 is 0 Å². The highest BCUT2D eigenvalue weighted by Crippen LogP contribution is 2.11. The zero-order valence-corrected chi connectivity index (χ0v) is 10.8. The van der Waals surface area contributed by atoms with Gasteiger partial charge in [0, 0.05) is 19.3 Å². The Morgan fingerprint density at radius 1 is 1.31 bits per heavy atom. The van der Waals surface area contributed by atoms with E-state index in [1.54, 1.807) is 0 Å². The molecule has 16 heavy (non-hydrogen) atoms. The summed E-state index contributed by atoms with van der Waals surface area (Å²) in [6.45, 7) is 6.58. The van der Waals surface area contributed by atoms with Gasteiger partial charge in [-0.15, -0.1) is 0 Å². The summed E-state index contributed by atoms with van der Waals surface area (Å²) in [7, 11) is 0. The molecule has 94 valence electrons. The number of ketones is 1. The number of hydrogen-bond donors (Lipinski definition) is 0. The van der Waals surface area contributed by atoms with Crippen molar-refractivity contribution < 1.29 is 14.3 Å². The fourth-order valence-electron chi connectivity index (χ4n) is 1.31. The highest BCUT2D eigenvalue weighted by atomic mass is 16.5. The van der Waals surface area contributed by atoms with Gasteiger partial charge in [0.25, 0.3) is 0 Å². The van der Waals surface area contributed by atoms with Gasteiger partial charge in [0.05, 0.1) is 6.61 Å². The average molecular weight is 228 g/mol. The maximum absolute atomic E-state index is 10.7. The zero-order valence-electron chi connectivity index (χ0n) is 10.8. The van der Waals surface area contributed by atoms with Crippen molar-refractivity contribution in [3.8, 4) is 0 Å². The molecule has 1 saturated carbocycles. The maximum atomic E-state index is 10.7. The van der Waals surface area contributed by atoms with E-state index in [0.29, 0.717) is 24.7 Å². The molecule has 1 aliphatic rings. The van der Waals surface area contributed by atoms with E-state index in [2.05, 4.69) is 0 Å². The van der Waals surface area contributed by atoms with Crippen molar-refractivity contribution in [3.05, 3.63) is 0 Å². The first kappa shape index (κ1) is 15.1. The van der Waals surface area contributed by atoms with Gasteiger partial charge >= 0.3 is 5.97 Å². The van der Waals surface area contributed by atoms with Gasteiger partial charge in [-0.25, -0.2) is 0 Å². The Kier molecular flexibility index (Phi) is 8.87. The lowest BCUT2D eigenvalue weighted by Gasteiger charge is -2.05. The van der Waals surface area contributed by atoms with Crippen molar-refractivity contribution in [2.45, 2.75) is 59.3 Å². The molecule has 0 aliphatic heterocycles. The van der Waals surface area contributed by atoms with Gasteiger partial charge in [0.1, 0.15) is 5.78 Å². The first-order valence-electron chi connectivity index (χ1n) is 6.23. The summed E-state index contributed by atoms with van der Waals surface area (Å²) in [5, 5.41) is 0. The summed E-state index contributed by atoms with van der Waals surface area (Å²) < 4.78 is 4.90. The predicted octanol–water partition coefficient (Wildman–Crippen LogP) is 3.12. The maximum Gasteiger partial charge on any atom is 0.305 e. The van der Waals surface area contributed by atoms with Crippen molar-refractivity contribution in [3.63, 3.8) is 0 Å². The van der Waals surface area contributed by atoms with Gasteiger partial charge in [-0.05, 0) is 25.2 Å². The van der Waals surface area contributed by atoms with E-state index < -0.39 is 0 Å². The van der Waals surface area contributed by atoms with Crippen molar-refractivity contribution in [2.75, 3.05) is 6.61 Å². The lowest BCUT2D eigenvalue weighted by atomic mass is 10.2. The minimum absolute atomic E-state index is 0.0730. The summed E-state index contributed by atoms with van der Waals surface area (Å²) in [6, 6.07) is 0. The Hall–Kier alpha value is -0.860. The number of ether oxygens (including phenoxy) is 1. The molecule has 1 rings (SSSR count). The van der Waals surface area contributed by atoms with Gasteiger partial charge in [-0.1, -0.05) is 20.8 Å². The third-order valence-electron chi connectivity index (χ3n) is 2.19. The summed E-state index contributed by atoms with van der Waals surface area (Å²) in [5.41, 5.74) is 0. The SMILES string of the molecule is CCCC(=O)OCC(C)C.O=C1CCCC1. The van der Waals surface area contributed by atoms with Crippen LogP contribution < -0.4 is 0 Å². The number of hydrogen-bond acceptors (Lipinski definition) is 3. The summed E-state index contributed by atoms with van der Waals surface area (Å²) in [6.07, 6.45) is 5.39. The van der Waals surface area contributed by atoms with Gasteiger partial charge in [-0.2, -0.15) is 0 Å². The number of Topliss-reactive ketones (excluding diaryl/α,β-unsaturated/α-hetero) is 1. The van der Waals surface area contributed by atoms with Gasteiger partial charge in [-0.3, -0.25) is 9.59 Å². The fourth-order valence-corrected chi connectivity index (χ4v) is 1.31. The van der Waals surface area contributed by atoms with Crippen molar-refractivity contribution >= 4 is 11.8 Å². The van der Waals surface area contributed by atoms with Crippen LogP contribution in [-0.4, -0.2) is 18.4 Å². The monoisotopic (exact) mass is 228 g/mol. The van der Waals surface area contributed by atoms with Crippen molar-refractivity contribution in [1.82, 2.24) is 0 Å². The Morgan fingerprint density at radius 2 is 1.88 bits per heavy atom. The van der Waals surface area contributed by atoms with Crippen LogP contribution in [-0.2, 0) is 14.3 Å². The molecule has 0 saturated heterocycles. The Morgan fingerprint density at radius 3 is 2.19 bits per heavy atom. The molecule has 0 aromatic rings. The molecule has 0 radical (unpaired) electrons. The molecule has 0 unspecified atom stereocenters. The Bertz CT molecular complexity index is 201. The highest BCUT2D eigenvalue weighted by molar-refractivity contribution is 5.80. The quantitative estimate of drug-likeness (QED) is 0.694. The Balaban J connectivity index is 0.000000315. The molecular weight excluding hydrogens is 204 g/mol. The largest absolute Gasteiger partial charge is 0.465 e. The van der Waals surface area contributed by atoms with Crippen LogP contribution in [0.5, 0.6) is 0 Å². The van der Waals surface area contributed by atoms with E-state index in [-0.39, 0.29) is 5.97 Å². The third kappa shape index (κ3) is 9.69. The second kappa shape index (κ2) is 9.37. The topological polar surface area (TPSA) is 43.4 Å². The molecule has 0 aromatic carbocycles. The van der Waals surface area contributed by atoms with Crippen molar-refractivity contribution in [2.24, 2.45) is 5.92 Å². The van der Waals surface area contributed by atoms with E-state index in [4.69, 9.17) is 4.74 Å². The molecule has 1 fully saturated rings. The van der Waals surface area contributed by atoms with Crippen LogP contribution in [0.25, 0.3) is 0 Å². The fraction of sp³-hybridized carbons (Fsp3) is 0.846. The van der Waals surface area contributed by atoms with E-state index >= 15 is 0 Å². The van der Waals surface area contributed by atoms with Crippen LogP contribution in [0, 0.1) is 5.92 Å². The summed E-state index contributed by atoms with van der Waals surface area (Å²) >= 11 is 0. The normalized spacial score (nSPS) is 14.6. The van der Waals surface area contributed by atoms with Crippen LogP contribution in [0.4, 0.5) is 0 Å². The van der Waals surface area contributed by atoms with E-state index in [9.17, 15) is 9.59 Å². The van der Waals surface area contributed by atoms with E-state index in [0.717, 1.165) is 32.1 Å². The van der Waals surface area contributed by atoms with Crippen LogP contribution in [0.1, 0.15) is 59.3 Å². The molecule has 0 spiro atoms. The Labute approximate surface area is 98.6 Å². The molecule has 0 N–H and O–H groups in total. The third-order valence-corrected chi connectivity index (χ3v) is 2.19. The van der Waals surface area contributed by atoms with Crippen LogP contribution in [0.3, 0.4) is 0 Å². The van der Waals surface area contributed by atoms with Crippen LogP contribution in [0.15, 0.2) is 0 Å². The molecule has 3 nitrogen and oxygen atoms in total.